The molecular formula is C12H24N2O2. The first-order valence-corrected chi connectivity index (χ1v) is 6.45. The minimum absolute atomic E-state index is 0.215. The van der Waals surface area contributed by atoms with Crippen molar-refractivity contribution in [2.45, 2.75) is 31.3 Å². The smallest absolute Gasteiger partial charge is 0.0644 e. The molecule has 2 N–H and O–H groups in total. The third-order valence-electron chi connectivity index (χ3n) is 4.06. The minimum atomic E-state index is 0.215. The topological polar surface area (TPSA) is 44.7 Å². The van der Waals surface area contributed by atoms with E-state index in [9.17, 15) is 5.11 Å². The fourth-order valence-electron chi connectivity index (χ4n) is 3.03. The summed E-state index contributed by atoms with van der Waals surface area (Å²) in [5, 5.41) is 12.7. The van der Waals surface area contributed by atoms with Crippen LogP contribution in [0.1, 0.15) is 19.3 Å². The van der Waals surface area contributed by atoms with Crippen LogP contribution in [0.25, 0.3) is 0 Å². The molecule has 1 saturated carbocycles. The van der Waals surface area contributed by atoms with Gasteiger partial charge in [0.2, 0.25) is 0 Å². The quantitative estimate of drug-likeness (QED) is 0.714. The maximum absolute atomic E-state index is 9.32. The number of morpholine rings is 1. The van der Waals surface area contributed by atoms with E-state index in [1.807, 2.05) is 0 Å². The molecule has 0 spiro atoms. The summed E-state index contributed by atoms with van der Waals surface area (Å²) >= 11 is 0. The van der Waals surface area contributed by atoms with Crippen LogP contribution in [-0.2, 0) is 4.74 Å². The molecule has 0 bridgehead atoms. The van der Waals surface area contributed by atoms with E-state index >= 15 is 0 Å². The number of hydrogen-bond donors (Lipinski definition) is 2. The summed E-state index contributed by atoms with van der Waals surface area (Å²) in [4.78, 5) is 2.41. The van der Waals surface area contributed by atoms with Crippen molar-refractivity contribution in [3.63, 3.8) is 0 Å². The maximum atomic E-state index is 9.32. The molecule has 0 aromatic heterocycles. The fourth-order valence-corrected chi connectivity index (χ4v) is 3.03. The highest BCUT2D eigenvalue weighted by Gasteiger charge is 2.31. The molecule has 94 valence electrons. The lowest BCUT2D eigenvalue weighted by Gasteiger charge is -2.37. The first kappa shape index (κ1) is 12.3. The average Bonchev–Trinajstić information content (AvgIpc) is 2.77. The lowest BCUT2D eigenvalue weighted by Crippen LogP contribution is -2.50. The third kappa shape index (κ3) is 2.74. The first-order chi connectivity index (χ1) is 7.85. The zero-order chi connectivity index (χ0) is 11.4. The molecule has 0 aromatic carbocycles. The Morgan fingerprint density at radius 1 is 1.44 bits per heavy atom. The predicted molar refractivity (Wildman–Crippen MR) is 63.5 cm³/mol. The largest absolute Gasteiger partial charge is 0.395 e. The monoisotopic (exact) mass is 228 g/mol. The Bertz CT molecular complexity index is 213. The van der Waals surface area contributed by atoms with E-state index in [1.165, 1.54) is 19.3 Å². The molecular weight excluding hydrogens is 204 g/mol. The van der Waals surface area contributed by atoms with E-state index in [2.05, 4.69) is 17.3 Å². The van der Waals surface area contributed by atoms with Crippen LogP contribution in [0.2, 0.25) is 0 Å². The minimum Gasteiger partial charge on any atom is -0.395 e. The van der Waals surface area contributed by atoms with Crippen molar-refractivity contribution in [3.05, 3.63) is 0 Å². The first-order valence-electron chi connectivity index (χ1n) is 6.45. The van der Waals surface area contributed by atoms with E-state index in [0.29, 0.717) is 12.6 Å². The van der Waals surface area contributed by atoms with Crippen molar-refractivity contribution >= 4 is 0 Å². The zero-order valence-electron chi connectivity index (χ0n) is 10.2. The van der Waals surface area contributed by atoms with Crippen molar-refractivity contribution in [1.29, 1.82) is 0 Å². The van der Waals surface area contributed by atoms with Crippen LogP contribution in [0.3, 0.4) is 0 Å². The second kappa shape index (κ2) is 5.96. The van der Waals surface area contributed by atoms with E-state index < -0.39 is 0 Å². The SMILES string of the molecule is CNC1CCCC1CN1CCOCC1CO. The number of hydrogen-bond acceptors (Lipinski definition) is 4. The molecule has 3 unspecified atom stereocenters. The second-order valence-corrected chi connectivity index (χ2v) is 4.99. The Balaban J connectivity index is 1.86. The van der Waals surface area contributed by atoms with Gasteiger partial charge in [-0.25, -0.2) is 0 Å². The number of ether oxygens (including phenoxy) is 1. The van der Waals surface area contributed by atoms with Crippen LogP contribution >= 0.6 is 0 Å². The van der Waals surface area contributed by atoms with Crippen LogP contribution in [0, 0.1) is 5.92 Å². The van der Waals surface area contributed by atoms with Gasteiger partial charge in [0.1, 0.15) is 0 Å². The molecule has 1 aliphatic heterocycles. The molecule has 2 fully saturated rings. The van der Waals surface area contributed by atoms with Gasteiger partial charge in [0, 0.05) is 19.1 Å². The number of rotatable bonds is 4. The summed E-state index contributed by atoms with van der Waals surface area (Å²) in [7, 11) is 2.06. The van der Waals surface area contributed by atoms with E-state index in [0.717, 1.165) is 25.6 Å². The normalized spacial score (nSPS) is 36.8. The Kier molecular flexibility index (Phi) is 4.58. The van der Waals surface area contributed by atoms with Gasteiger partial charge in [-0.2, -0.15) is 0 Å². The predicted octanol–water partition coefficient (Wildman–Crippen LogP) is 0.0676. The van der Waals surface area contributed by atoms with Crippen molar-refractivity contribution in [2.24, 2.45) is 5.92 Å². The van der Waals surface area contributed by atoms with Crippen LogP contribution in [0.15, 0.2) is 0 Å². The van der Waals surface area contributed by atoms with Gasteiger partial charge in [0.25, 0.3) is 0 Å². The van der Waals surface area contributed by atoms with Gasteiger partial charge in [0.05, 0.1) is 25.9 Å². The molecule has 0 amide bonds. The van der Waals surface area contributed by atoms with Crippen LogP contribution in [0.4, 0.5) is 0 Å². The highest BCUT2D eigenvalue weighted by molar-refractivity contribution is 4.86. The summed E-state index contributed by atoms with van der Waals surface area (Å²) in [6.45, 7) is 3.80. The summed E-state index contributed by atoms with van der Waals surface area (Å²) in [6, 6.07) is 0.883. The zero-order valence-corrected chi connectivity index (χ0v) is 10.2. The standard InChI is InChI=1S/C12H24N2O2/c1-13-12-4-2-3-10(12)7-14-5-6-16-9-11(14)8-15/h10-13,15H,2-9H2,1H3. The summed E-state index contributed by atoms with van der Waals surface area (Å²) in [5.74, 6) is 0.747. The molecule has 2 rings (SSSR count). The van der Waals surface area contributed by atoms with Crippen molar-refractivity contribution in [1.82, 2.24) is 10.2 Å². The van der Waals surface area contributed by atoms with E-state index in [1.54, 1.807) is 0 Å². The highest BCUT2D eigenvalue weighted by Crippen LogP contribution is 2.27. The lowest BCUT2D eigenvalue weighted by molar-refractivity contribution is -0.0342. The van der Waals surface area contributed by atoms with Gasteiger partial charge in [-0.1, -0.05) is 6.42 Å². The summed E-state index contributed by atoms with van der Waals surface area (Å²) < 4.78 is 5.40. The number of aliphatic hydroxyl groups excluding tert-OH is 1. The van der Waals surface area contributed by atoms with Crippen LogP contribution in [0.5, 0.6) is 0 Å². The van der Waals surface area contributed by atoms with Gasteiger partial charge < -0.3 is 15.2 Å². The molecule has 4 heteroatoms. The Morgan fingerprint density at radius 3 is 3.06 bits per heavy atom. The Hall–Kier alpha value is -0.160. The van der Waals surface area contributed by atoms with E-state index in [4.69, 9.17) is 4.74 Å². The van der Waals surface area contributed by atoms with Crippen molar-refractivity contribution < 1.29 is 9.84 Å². The third-order valence-corrected chi connectivity index (χ3v) is 4.06. The Morgan fingerprint density at radius 2 is 2.31 bits per heavy atom. The number of nitrogens with zero attached hydrogens (tertiary/aromatic N) is 1. The molecule has 2 aliphatic rings. The molecule has 1 saturated heterocycles. The number of nitrogens with one attached hydrogen (secondary N) is 1. The molecule has 1 aliphatic carbocycles. The average molecular weight is 228 g/mol. The fraction of sp³-hybridized carbons (Fsp3) is 1.00. The highest BCUT2D eigenvalue weighted by atomic mass is 16.5. The Labute approximate surface area is 98.0 Å². The second-order valence-electron chi connectivity index (χ2n) is 4.99. The van der Waals surface area contributed by atoms with Gasteiger partial charge in [-0.05, 0) is 25.8 Å². The van der Waals surface area contributed by atoms with Gasteiger partial charge >= 0.3 is 0 Å². The molecule has 4 nitrogen and oxygen atoms in total. The molecule has 3 atom stereocenters. The lowest BCUT2D eigenvalue weighted by atomic mass is 10.0. The summed E-state index contributed by atoms with van der Waals surface area (Å²) in [5.41, 5.74) is 0. The van der Waals surface area contributed by atoms with Gasteiger partial charge in [-0.3, -0.25) is 4.90 Å². The van der Waals surface area contributed by atoms with E-state index in [-0.39, 0.29) is 12.6 Å². The molecule has 1 heterocycles. The maximum Gasteiger partial charge on any atom is 0.0644 e. The number of aliphatic hydroxyl groups is 1. The molecule has 16 heavy (non-hydrogen) atoms. The van der Waals surface area contributed by atoms with Crippen molar-refractivity contribution in [3.8, 4) is 0 Å². The van der Waals surface area contributed by atoms with Crippen LogP contribution < -0.4 is 5.32 Å². The van der Waals surface area contributed by atoms with Crippen molar-refractivity contribution in [2.75, 3.05) is 40.0 Å². The van der Waals surface area contributed by atoms with Gasteiger partial charge in [-0.15, -0.1) is 0 Å². The van der Waals surface area contributed by atoms with Crippen LogP contribution in [-0.4, -0.2) is 62.0 Å². The summed E-state index contributed by atoms with van der Waals surface area (Å²) in [6.07, 6.45) is 3.96. The molecule has 0 aromatic rings. The van der Waals surface area contributed by atoms with Gasteiger partial charge in [0.15, 0.2) is 0 Å². The molecule has 0 radical (unpaired) electrons.